The van der Waals surface area contributed by atoms with Crippen LogP contribution in [0.1, 0.15) is 10.4 Å². The summed E-state index contributed by atoms with van der Waals surface area (Å²) in [6, 6.07) is 8.73. The number of benzene rings is 1. The molecule has 0 aliphatic rings. The molecule has 2 rings (SSSR count). The van der Waals surface area contributed by atoms with E-state index in [2.05, 4.69) is 4.98 Å². The summed E-state index contributed by atoms with van der Waals surface area (Å²) < 4.78 is 0. The Bertz CT molecular complexity index is 543. The first kappa shape index (κ1) is 12.4. The average molecular weight is 284 g/mol. The molecule has 2 aromatic rings. The second-order valence-corrected chi connectivity index (χ2v) is 5.07. The van der Waals surface area contributed by atoms with Crippen LogP contribution in [0.5, 0.6) is 0 Å². The molecule has 0 aliphatic carbocycles. The molecule has 0 fully saturated rings. The van der Waals surface area contributed by atoms with Crippen LogP contribution in [0.25, 0.3) is 0 Å². The normalized spacial score (nSPS) is 10.2. The fourth-order valence-electron chi connectivity index (χ4n) is 1.25. The average Bonchev–Trinajstić information content (AvgIpc) is 2.34. The first-order chi connectivity index (χ1) is 8.20. The van der Waals surface area contributed by atoms with Crippen LogP contribution in [0.4, 0.5) is 0 Å². The summed E-state index contributed by atoms with van der Waals surface area (Å²) in [7, 11) is 0. The second-order valence-electron chi connectivity index (χ2n) is 3.19. The van der Waals surface area contributed by atoms with E-state index in [9.17, 15) is 4.79 Å². The maximum absolute atomic E-state index is 10.9. The number of hydrogen-bond acceptors (Lipinski definition) is 3. The molecule has 0 spiro atoms. The van der Waals surface area contributed by atoms with Crippen molar-refractivity contribution in [2.45, 2.75) is 9.92 Å². The van der Waals surface area contributed by atoms with Crippen LogP contribution in [-0.4, -0.2) is 11.3 Å². The van der Waals surface area contributed by atoms with Gasteiger partial charge in [0.25, 0.3) is 0 Å². The molecule has 0 saturated heterocycles. The number of pyridine rings is 1. The molecule has 1 aromatic heterocycles. The van der Waals surface area contributed by atoms with Gasteiger partial charge in [-0.05, 0) is 18.2 Å². The van der Waals surface area contributed by atoms with Gasteiger partial charge >= 0.3 is 0 Å². The largest absolute Gasteiger partial charge is 0.298 e. The molecule has 86 valence electrons. The van der Waals surface area contributed by atoms with Gasteiger partial charge in [-0.15, -0.1) is 0 Å². The molecule has 0 bridgehead atoms. The summed E-state index contributed by atoms with van der Waals surface area (Å²) in [6.07, 6.45) is 2.34. The van der Waals surface area contributed by atoms with Crippen molar-refractivity contribution in [1.29, 1.82) is 0 Å². The molecule has 0 aliphatic heterocycles. The molecule has 0 atom stereocenters. The number of nitrogens with zero attached hydrogens (tertiary/aromatic N) is 1. The minimum atomic E-state index is 0.538. The summed E-state index contributed by atoms with van der Waals surface area (Å²) in [4.78, 5) is 15.8. The van der Waals surface area contributed by atoms with Crippen LogP contribution in [0, 0.1) is 0 Å². The Kier molecular flexibility index (Phi) is 4.05. The number of aldehydes is 1. The van der Waals surface area contributed by atoms with E-state index in [4.69, 9.17) is 23.2 Å². The highest BCUT2D eigenvalue weighted by Crippen LogP contribution is 2.34. The number of halogens is 2. The third-order valence-electron chi connectivity index (χ3n) is 2.03. The number of aromatic nitrogens is 1. The van der Waals surface area contributed by atoms with Crippen molar-refractivity contribution >= 4 is 41.2 Å². The summed E-state index contributed by atoms with van der Waals surface area (Å²) >= 11 is 13.1. The Labute approximate surface area is 113 Å². The van der Waals surface area contributed by atoms with Gasteiger partial charge in [0.15, 0.2) is 6.29 Å². The molecule has 0 radical (unpaired) electrons. The Morgan fingerprint density at radius 3 is 2.65 bits per heavy atom. The van der Waals surface area contributed by atoms with E-state index in [1.165, 1.54) is 11.8 Å². The summed E-state index contributed by atoms with van der Waals surface area (Å²) in [5.74, 6) is 0. The van der Waals surface area contributed by atoms with E-state index in [0.29, 0.717) is 20.5 Å². The van der Waals surface area contributed by atoms with E-state index in [-0.39, 0.29) is 0 Å². The summed E-state index contributed by atoms with van der Waals surface area (Å²) in [5, 5.41) is 1.85. The molecule has 2 nitrogen and oxygen atoms in total. The molecule has 5 heteroatoms. The maximum Gasteiger partial charge on any atom is 0.151 e. The second kappa shape index (κ2) is 5.54. The number of hydrogen-bond donors (Lipinski definition) is 0. The minimum absolute atomic E-state index is 0.538. The number of carbonyl (C=O) groups excluding carboxylic acids is 1. The first-order valence-electron chi connectivity index (χ1n) is 4.74. The van der Waals surface area contributed by atoms with Crippen LogP contribution < -0.4 is 0 Å². The van der Waals surface area contributed by atoms with E-state index in [0.717, 1.165) is 11.3 Å². The molecule has 17 heavy (non-hydrogen) atoms. The quantitative estimate of drug-likeness (QED) is 0.785. The topological polar surface area (TPSA) is 30.0 Å². The zero-order chi connectivity index (χ0) is 12.3. The first-order valence-corrected chi connectivity index (χ1v) is 6.31. The van der Waals surface area contributed by atoms with Crippen molar-refractivity contribution in [3.63, 3.8) is 0 Å². The fourth-order valence-corrected chi connectivity index (χ4v) is 2.51. The standard InChI is InChI=1S/C12H7Cl2NOS/c13-9-4-5-11(15-6-9)17-12-8(7-16)2-1-3-10(12)14/h1-7H. The van der Waals surface area contributed by atoms with Gasteiger partial charge in [-0.1, -0.05) is 47.1 Å². The van der Waals surface area contributed by atoms with Crippen molar-refractivity contribution in [3.8, 4) is 0 Å². The van der Waals surface area contributed by atoms with Crippen molar-refractivity contribution in [2.75, 3.05) is 0 Å². The van der Waals surface area contributed by atoms with Crippen LogP contribution >= 0.6 is 35.0 Å². The van der Waals surface area contributed by atoms with Crippen LogP contribution in [0.2, 0.25) is 10.0 Å². The highest BCUT2D eigenvalue weighted by atomic mass is 35.5. The Morgan fingerprint density at radius 2 is 2.00 bits per heavy atom. The summed E-state index contributed by atoms with van der Waals surface area (Å²) in [6.45, 7) is 0. The van der Waals surface area contributed by atoms with Gasteiger partial charge in [0.05, 0.1) is 10.0 Å². The van der Waals surface area contributed by atoms with Crippen LogP contribution in [0.3, 0.4) is 0 Å². The third kappa shape index (κ3) is 3.00. The maximum atomic E-state index is 10.9. The zero-order valence-corrected chi connectivity index (χ0v) is 10.9. The summed E-state index contributed by atoms with van der Waals surface area (Å²) in [5.41, 5.74) is 0.555. The van der Waals surface area contributed by atoms with Gasteiger partial charge in [0.2, 0.25) is 0 Å². The highest BCUT2D eigenvalue weighted by molar-refractivity contribution is 7.99. The van der Waals surface area contributed by atoms with Crippen molar-refractivity contribution in [2.24, 2.45) is 0 Å². The predicted octanol–water partition coefficient (Wildman–Crippen LogP) is 4.35. The van der Waals surface area contributed by atoms with Gasteiger partial charge in [-0.3, -0.25) is 4.79 Å². The lowest BCUT2D eigenvalue weighted by Gasteiger charge is -2.05. The van der Waals surface area contributed by atoms with Crippen molar-refractivity contribution < 1.29 is 4.79 Å². The van der Waals surface area contributed by atoms with E-state index < -0.39 is 0 Å². The molecular weight excluding hydrogens is 277 g/mol. The molecule has 0 N–H and O–H groups in total. The lowest BCUT2D eigenvalue weighted by atomic mass is 10.2. The SMILES string of the molecule is O=Cc1cccc(Cl)c1Sc1ccc(Cl)cn1. The Balaban J connectivity index is 2.35. The third-order valence-corrected chi connectivity index (χ3v) is 3.79. The van der Waals surface area contributed by atoms with Gasteiger partial charge in [-0.25, -0.2) is 4.98 Å². The number of rotatable bonds is 3. The van der Waals surface area contributed by atoms with E-state index in [1.54, 1.807) is 36.5 Å². The van der Waals surface area contributed by atoms with Gasteiger partial charge in [0, 0.05) is 16.7 Å². The number of carbonyl (C=O) groups is 1. The minimum Gasteiger partial charge on any atom is -0.298 e. The predicted molar refractivity (Wildman–Crippen MR) is 70.2 cm³/mol. The van der Waals surface area contributed by atoms with Gasteiger partial charge in [0.1, 0.15) is 5.03 Å². The zero-order valence-electron chi connectivity index (χ0n) is 8.56. The molecule has 0 saturated carbocycles. The molecule has 0 amide bonds. The van der Waals surface area contributed by atoms with Crippen molar-refractivity contribution in [3.05, 3.63) is 52.1 Å². The molecule has 1 aromatic carbocycles. The van der Waals surface area contributed by atoms with E-state index in [1.807, 2.05) is 0 Å². The lowest BCUT2D eigenvalue weighted by molar-refractivity contribution is 0.112. The highest BCUT2D eigenvalue weighted by Gasteiger charge is 2.08. The van der Waals surface area contributed by atoms with Crippen LogP contribution in [-0.2, 0) is 0 Å². The Morgan fingerprint density at radius 1 is 1.18 bits per heavy atom. The van der Waals surface area contributed by atoms with Gasteiger partial charge in [-0.2, -0.15) is 0 Å². The monoisotopic (exact) mass is 283 g/mol. The molecular formula is C12H7Cl2NOS. The van der Waals surface area contributed by atoms with Crippen LogP contribution in [0.15, 0.2) is 46.5 Å². The molecule has 0 unspecified atom stereocenters. The molecule has 1 heterocycles. The van der Waals surface area contributed by atoms with Crippen molar-refractivity contribution in [1.82, 2.24) is 4.98 Å². The van der Waals surface area contributed by atoms with E-state index >= 15 is 0 Å². The fraction of sp³-hybridized carbons (Fsp3) is 0. The Hall–Kier alpha value is -1.03. The van der Waals surface area contributed by atoms with Gasteiger partial charge < -0.3 is 0 Å². The smallest absolute Gasteiger partial charge is 0.151 e. The lowest BCUT2D eigenvalue weighted by Crippen LogP contribution is -1.87.